The zero-order chi connectivity index (χ0) is 16.4. The number of nitro benzene ring substituents is 1. The zero-order valence-electron chi connectivity index (χ0n) is 13.1. The molecule has 1 heterocycles. The summed E-state index contributed by atoms with van der Waals surface area (Å²) < 4.78 is 0. The number of Topliss-reactive ketones (excluding diaryl/α,β-unsaturated/α-hetero) is 1. The van der Waals surface area contributed by atoms with Crippen LogP contribution >= 0.6 is 12.4 Å². The summed E-state index contributed by atoms with van der Waals surface area (Å²) >= 11 is 0. The third-order valence-corrected chi connectivity index (χ3v) is 3.90. The molecule has 0 saturated carbocycles. The Morgan fingerprint density at radius 2 is 1.87 bits per heavy atom. The fourth-order valence-corrected chi connectivity index (χ4v) is 3.12. The monoisotopic (exact) mass is 344 g/mol. The van der Waals surface area contributed by atoms with Crippen LogP contribution in [0, 0.1) is 22.0 Å². The first kappa shape index (κ1) is 19.2. The van der Waals surface area contributed by atoms with E-state index in [0.29, 0.717) is 11.8 Å². The van der Waals surface area contributed by atoms with Gasteiger partial charge in [-0.2, -0.15) is 0 Å². The van der Waals surface area contributed by atoms with E-state index in [1.165, 1.54) is 0 Å². The second kappa shape index (κ2) is 7.61. The molecule has 0 amide bonds. The number of nitro groups is 1. The van der Waals surface area contributed by atoms with E-state index in [-0.39, 0.29) is 30.3 Å². The second-order valence-electron chi connectivity index (χ2n) is 6.18. The van der Waals surface area contributed by atoms with Crippen LogP contribution in [0.1, 0.15) is 30.6 Å². The number of carbonyl (C=O) groups excluding carboxylic acids is 1. The minimum Gasteiger partial charge on any atom is -0.504 e. The van der Waals surface area contributed by atoms with Crippen molar-refractivity contribution in [1.82, 2.24) is 4.90 Å². The van der Waals surface area contributed by atoms with E-state index >= 15 is 0 Å². The number of nitrogens with zero attached hydrogens (tertiary/aromatic N) is 2. The van der Waals surface area contributed by atoms with Gasteiger partial charge in [0.05, 0.1) is 11.5 Å². The smallest absolute Gasteiger partial charge is 0.315 e. The predicted molar refractivity (Wildman–Crippen MR) is 87.4 cm³/mol. The maximum absolute atomic E-state index is 12.3. The maximum atomic E-state index is 12.3. The Labute approximate surface area is 140 Å². The summed E-state index contributed by atoms with van der Waals surface area (Å²) in [5.41, 5.74) is -0.628. The largest absolute Gasteiger partial charge is 0.504 e. The lowest BCUT2D eigenvalue weighted by molar-refractivity contribution is -0.386. The highest BCUT2D eigenvalue weighted by Crippen LogP contribution is 2.36. The summed E-state index contributed by atoms with van der Waals surface area (Å²) in [5, 5.41) is 29.8. The van der Waals surface area contributed by atoms with Gasteiger partial charge in [0.1, 0.15) is 0 Å². The van der Waals surface area contributed by atoms with Gasteiger partial charge in [0.2, 0.25) is 5.75 Å². The number of hydrogen-bond donors (Lipinski definition) is 2. The third-order valence-electron chi connectivity index (χ3n) is 3.90. The lowest BCUT2D eigenvalue weighted by Gasteiger charge is -2.34. The van der Waals surface area contributed by atoms with Gasteiger partial charge in [0, 0.05) is 24.7 Å². The van der Waals surface area contributed by atoms with Crippen molar-refractivity contribution in [1.29, 1.82) is 0 Å². The van der Waals surface area contributed by atoms with E-state index in [4.69, 9.17) is 0 Å². The van der Waals surface area contributed by atoms with Gasteiger partial charge >= 0.3 is 5.69 Å². The summed E-state index contributed by atoms with van der Waals surface area (Å²) in [6.45, 7) is 6.02. The van der Waals surface area contributed by atoms with Gasteiger partial charge in [-0.05, 0) is 24.3 Å². The van der Waals surface area contributed by atoms with Gasteiger partial charge in [0.15, 0.2) is 11.5 Å². The number of hydrogen-bond acceptors (Lipinski definition) is 6. The number of ketones is 1. The van der Waals surface area contributed by atoms with E-state index in [2.05, 4.69) is 13.8 Å². The first-order valence-corrected chi connectivity index (χ1v) is 7.23. The number of likely N-dealkylation sites (tertiary alicyclic amines) is 1. The van der Waals surface area contributed by atoms with E-state index in [9.17, 15) is 25.1 Å². The summed E-state index contributed by atoms with van der Waals surface area (Å²) in [5.74, 6) is -0.780. The lowest BCUT2D eigenvalue weighted by atomic mass is 9.91. The van der Waals surface area contributed by atoms with Gasteiger partial charge in [-0.1, -0.05) is 13.8 Å². The summed E-state index contributed by atoms with van der Waals surface area (Å²) in [4.78, 5) is 24.3. The Hall–Kier alpha value is -1.86. The van der Waals surface area contributed by atoms with Crippen molar-refractivity contribution in [2.75, 3.05) is 19.6 Å². The van der Waals surface area contributed by atoms with Gasteiger partial charge in [0.25, 0.3) is 0 Å². The van der Waals surface area contributed by atoms with Crippen LogP contribution in [0.4, 0.5) is 5.69 Å². The standard InChI is InChI=1S/C15H20N2O5.ClH/c1-9-3-10(2)7-16(6-9)8-14(19)11-4-12(17(21)22)15(20)13(18)5-11;/h4-5,9-10,18,20H,3,6-8H2,1-2H3;1H. The molecule has 0 bridgehead atoms. The number of benzene rings is 1. The quantitative estimate of drug-likeness (QED) is 0.376. The highest BCUT2D eigenvalue weighted by Gasteiger charge is 2.26. The minimum absolute atomic E-state index is 0. The predicted octanol–water partition coefficient (Wildman–Crippen LogP) is 2.59. The molecule has 0 aromatic heterocycles. The Kier molecular flexibility index (Phi) is 6.35. The third kappa shape index (κ3) is 4.56. The molecule has 7 nitrogen and oxygen atoms in total. The molecule has 2 atom stereocenters. The van der Waals surface area contributed by atoms with Gasteiger partial charge in [-0.3, -0.25) is 19.8 Å². The Balaban J connectivity index is 0.00000264. The molecule has 1 aromatic carbocycles. The first-order chi connectivity index (χ1) is 10.3. The van der Waals surface area contributed by atoms with Crippen LogP contribution < -0.4 is 0 Å². The highest BCUT2D eigenvalue weighted by molar-refractivity contribution is 5.99. The van der Waals surface area contributed by atoms with Crippen molar-refractivity contribution in [3.63, 3.8) is 0 Å². The molecule has 0 radical (unpaired) electrons. The minimum atomic E-state index is -0.823. The SMILES string of the molecule is CC1CC(C)CN(CC(=O)c2cc(O)c(O)c([N+](=O)[O-])c2)C1.Cl. The van der Waals surface area contributed by atoms with Crippen molar-refractivity contribution in [2.24, 2.45) is 11.8 Å². The second-order valence-corrected chi connectivity index (χ2v) is 6.18. The number of phenolic OH excluding ortho intramolecular Hbond substituents is 2. The van der Waals surface area contributed by atoms with Gasteiger partial charge < -0.3 is 10.2 Å². The molecule has 1 aliphatic rings. The van der Waals surface area contributed by atoms with Crippen LogP contribution in [0.15, 0.2) is 12.1 Å². The van der Waals surface area contributed by atoms with Crippen LogP contribution in [-0.2, 0) is 0 Å². The van der Waals surface area contributed by atoms with E-state index in [0.717, 1.165) is 31.6 Å². The van der Waals surface area contributed by atoms with Crippen LogP contribution in [0.3, 0.4) is 0 Å². The molecule has 23 heavy (non-hydrogen) atoms. The van der Waals surface area contributed by atoms with Crippen LogP contribution in [0.25, 0.3) is 0 Å². The average Bonchev–Trinajstić information content (AvgIpc) is 2.39. The summed E-state index contributed by atoms with van der Waals surface area (Å²) in [7, 11) is 0. The maximum Gasteiger partial charge on any atom is 0.315 e. The van der Waals surface area contributed by atoms with E-state index < -0.39 is 22.1 Å². The molecule has 128 valence electrons. The first-order valence-electron chi connectivity index (χ1n) is 7.23. The Morgan fingerprint density at radius 3 is 2.39 bits per heavy atom. The molecule has 1 aromatic rings. The number of halogens is 1. The molecule has 2 unspecified atom stereocenters. The number of piperidine rings is 1. The van der Waals surface area contributed by atoms with Crippen LogP contribution in [-0.4, -0.2) is 45.5 Å². The number of rotatable bonds is 4. The van der Waals surface area contributed by atoms with Gasteiger partial charge in [-0.25, -0.2) is 0 Å². The fraction of sp³-hybridized carbons (Fsp3) is 0.533. The number of carbonyl (C=O) groups is 1. The number of aromatic hydroxyl groups is 2. The molecule has 0 aliphatic carbocycles. The normalized spacial score (nSPS) is 21.5. The summed E-state index contributed by atoms with van der Waals surface area (Å²) in [6.07, 6.45) is 1.12. The molecule has 1 aliphatic heterocycles. The highest BCUT2D eigenvalue weighted by atomic mass is 35.5. The van der Waals surface area contributed by atoms with Gasteiger partial charge in [-0.15, -0.1) is 12.4 Å². The lowest BCUT2D eigenvalue weighted by Crippen LogP contribution is -2.41. The molecular formula is C15H21ClN2O5. The van der Waals surface area contributed by atoms with E-state index in [1.54, 1.807) is 0 Å². The molecule has 8 heteroatoms. The van der Waals surface area contributed by atoms with Crippen LogP contribution in [0.5, 0.6) is 11.5 Å². The fourth-order valence-electron chi connectivity index (χ4n) is 3.12. The van der Waals surface area contributed by atoms with Crippen molar-refractivity contribution in [3.8, 4) is 11.5 Å². The number of phenols is 2. The van der Waals surface area contributed by atoms with E-state index in [1.807, 2.05) is 4.90 Å². The zero-order valence-corrected chi connectivity index (χ0v) is 13.9. The average molecular weight is 345 g/mol. The molecule has 2 rings (SSSR count). The van der Waals surface area contributed by atoms with Crippen LogP contribution in [0.2, 0.25) is 0 Å². The van der Waals surface area contributed by atoms with Crippen molar-refractivity contribution in [2.45, 2.75) is 20.3 Å². The molecule has 1 saturated heterocycles. The topological polar surface area (TPSA) is 104 Å². The molecule has 2 N–H and O–H groups in total. The van der Waals surface area contributed by atoms with Crippen molar-refractivity contribution in [3.05, 3.63) is 27.8 Å². The Bertz CT molecular complexity index is 598. The van der Waals surface area contributed by atoms with Crippen molar-refractivity contribution >= 4 is 23.9 Å². The summed E-state index contributed by atoms with van der Waals surface area (Å²) in [6, 6.07) is 2.08. The molecular weight excluding hydrogens is 324 g/mol. The molecule has 1 fully saturated rings. The van der Waals surface area contributed by atoms with Crippen molar-refractivity contribution < 1.29 is 19.9 Å². The Morgan fingerprint density at radius 1 is 1.30 bits per heavy atom. The molecule has 0 spiro atoms.